The predicted octanol–water partition coefficient (Wildman–Crippen LogP) is 3.18. The summed E-state index contributed by atoms with van der Waals surface area (Å²) < 4.78 is 0. The van der Waals surface area contributed by atoms with Gasteiger partial charge in [0, 0.05) is 0 Å². The third kappa shape index (κ3) is 24.6. The fourth-order valence-electron chi connectivity index (χ4n) is 0. The monoisotopic (exact) mass is 347 g/mol. The van der Waals surface area contributed by atoms with Crippen molar-refractivity contribution >= 4 is 50.3 Å². The number of hydrogen-bond acceptors (Lipinski definition) is 0. The van der Waals surface area contributed by atoms with E-state index in [-0.39, 0.29) is 0 Å². The maximum atomic E-state index is 3.61. The highest BCUT2D eigenvalue weighted by Gasteiger charge is 1.67. The Balaban J connectivity index is 0. The minimum absolute atomic E-state index is 0.357. The van der Waals surface area contributed by atoms with E-state index in [9.17, 15) is 0 Å². The lowest BCUT2D eigenvalue weighted by molar-refractivity contribution is 1.23. The summed E-state index contributed by atoms with van der Waals surface area (Å²) in [5.74, 6) is 0. The van der Waals surface area contributed by atoms with Crippen LogP contribution in [0.1, 0.15) is 13.3 Å². The minimum Gasteiger partial charge on any atom is -0.276 e. The van der Waals surface area contributed by atoms with Gasteiger partial charge in [0.25, 0.3) is 0 Å². The average molecular weight is 347 g/mol. The lowest BCUT2D eigenvalue weighted by Crippen LogP contribution is -1.59. The first-order valence-corrected chi connectivity index (χ1v) is 12.5. The van der Waals surface area contributed by atoms with Gasteiger partial charge in [-0.3, -0.25) is 37.7 Å². The van der Waals surface area contributed by atoms with Gasteiger partial charge in [0.05, 0.1) is 0 Å². The van der Waals surface area contributed by atoms with E-state index in [0.717, 1.165) is 12.0 Å². The smallest absolute Gasteiger partial charge is 0.276 e. The first-order chi connectivity index (χ1) is 3.68. The molecule has 0 amide bonds. The molecule has 0 fully saturated rings. The van der Waals surface area contributed by atoms with Crippen LogP contribution < -0.4 is 0 Å². The molecule has 3 heteroatoms. The number of allylic oxidation sites excluding steroid dienone is 1. The number of hydrogen-bond donors (Lipinski definition) is 0. The Morgan fingerprint density at radius 3 is 1.75 bits per heavy atom. The van der Waals surface area contributed by atoms with Crippen molar-refractivity contribution in [1.29, 1.82) is 0 Å². The van der Waals surface area contributed by atoms with Crippen LogP contribution >= 0.6 is 37.7 Å². The van der Waals surface area contributed by atoms with Gasteiger partial charge in [-0.1, -0.05) is 5.57 Å². The molecular weight excluding hydrogens is 338 g/mol. The van der Waals surface area contributed by atoms with E-state index >= 15 is 0 Å². The van der Waals surface area contributed by atoms with E-state index in [1.807, 2.05) is 6.92 Å². The van der Waals surface area contributed by atoms with Gasteiger partial charge in [0.15, 0.2) is 0 Å². The molecule has 0 bridgehead atoms. The third-order valence-corrected chi connectivity index (χ3v) is 0.427. The summed E-state index contributed by atoms with van der Waals surface area (Å²) in [4.78, 5) is 0. The molecule has 0 aromatic heterocycles. The van der Waals surface area contributed by atoms with Gasteiger partial charge in [0.2, 0.25) is 0 Å². The molecular formula is C5H9I2Mg. The van der Waals surface area contributed by atoms with Crippen molar-refractivity contribution < 1.29 is 0 Å². The first-order valence-electron chi connectivity index (χ1n) is 2.24. The molecule has 0 saturated carbocycles. The van der Waals surface area contributed by atoms with Gasteiger partial charge in [-0.2, -0.15) is 0 Å². The number of halogens is 2. The Labute approximate surface area is 81.4 Å². The molecule has 0 aliphatic heterocycles. The van der Waals surface area contributed by atoms with Crippen molar-refractivity contribution in [3.63, 3.8) is 0 Å². The van der Waals surface area contributed by atoms with Gasteiger partial charge >= 0.3 is 12.6 Å². The second-order valence-electron chi connectivity index (χ2n) is 1.31. The Hall–Kier alpha value is 1.97. The zero-order valence-electron chi connectivity index (χ0n) is 5.08. The van der Waals surface area contributed by atoms with Crippen LogP contribution in [-0.2, 0) is 0 Å². The van der Waals surface area contributed by atoms with Crippen LogP contribution in [0.4, 0.5) is 0 Å². The average Bonchev–Trinajstić information content (AvgIpc) is 1.69. The molecule has 0 aliphatic carbocycles. The lowest BCUT2D eigenvalue weighted by Gasteiger charge is -1.79. The zero-order valence-corrected chi connectivity index (χ0v) is 10.8. The SMILES string of the molecule is [CH2]CC(=C)C.[I][Mg][I]. The van der Waals surface area contributed by atoms with Crippen LogP contribution in [0, 0.1) is 6.92 Å². The van der Waals surface area contributed by atoms with Gasteiger partial charge < -0.3 is 0 Å². The molecule has 0 rings (SSSR count). The van der Waals surface area contributed by atoms with Crippen molar-refractivity contribution in [2.45, 2.75) is 13.3 Å². The summed E-state index contributed by atoms with van der Waals surface area (Å²) in [5.41, 5.74) is 1.14. The quantitative estimate of drug-likeness (QED) is 0.388. The van der Waals surface area contributed by atoms with E-state index in [1.165, 1.54) is 0 Å². The summed E-state index contributed by atoms with van der Waals surface area (Å²) in [5, 5.41) is 0. The van der Waals surface area contributed by atoms with Crippen LogP contribution in [0.15, 0.2) is 12.2 Å². The standard InChI is InChI=1S/C5H9.2HI.Mg/c1-4-5(2)3;;;/h1-2,4H2,3H3;2*1H;/q;;;+2/p-2. The molecule has 0 heterocycles. The molecule has 1 radical (unpaired) electrons. The topological polar surface area (TPSA) is 0 Å². The fraction of sp³-hybridized carbons (Fsp3) is 0.400. The molecule has 45 valence electrons. The van der Waals surface area contributed by atoms with E-state index in [1.54, 1.807) is 0 Å². The van der Waals surface area contributed by atoms with Crippen molar-refractivity contribution in [3.05, 3.63) is 19.1 Å². The molecule has 8 heavy (non-hydrogen) atoms. The molecule has 0 atom stereocenters. The molecule has 0 saturated heterocycles. The van der Waals surface area contributed by atoms with E-state index in [2.05, 4.69) is 51.2 Å². The Morgan fingerprint density at radius 2 is 1.75 bits per heavy atom. The van der Waals surface area contributed by atoms with Crippen LogP contribution in [0.2, 0.25) is 0 Å². The zero-order chi connectivity index (χ0) is 6.99. The first kappa shape index (κ1) is 12.6. The maximum absolute atomic E-state index is 3.61. The summed E-state index contributed by atoms with van der Waals surface area (Å²) in [6.07, 6.45) is 0.861. The van der Waals surface area contributed by atoms with Gasteiger partial charge in [-0.25, -0.2) is 0 Å². The summed E-state index contributed by atoms with van der Waals surface area (Å²) in [6, 6.07) is 0. The molecule has 0 N–H and O–H groups in total. The van der Waals surface area contributed by atoms with Gasteiger partial charge in [-0.05, 0) is 20.3 Å². The minimum atomic E-state index is 0.357. The molecule has 0 aliphatic rings. The Kier molecular flexibility index (Phi) is 18.5. The highest BCUT2D eigenvalue weighted by molar-refractivity contribution is 14.3. The van der Waals surface area contributed by atoms with Crippen molar-refractivity contribution in [1.82, 2.24) is 0 Å². The molecule has 0 unspecified atom stereocenters. The van der Waals surface area contributed by atoms with E-state index in [4.69, 9.17) is 0 Å². The lowest BCUT2D eigenvalue weighted by atomic mass is 10.3. The molecule has 0 aromatic carbocycles. The third-order valence-electron chi connectivity index (χ3n) is 0.427. The summed E-state index contributed by atoms with van der Waals surface area (Å²) in [6.45, 7) is 9.16. The largest absolute Gasteiger partial charge is 0.552 e. The number of rotatable bonds is 1. The van der Waals surface area contributed by atoms with Crippen LogP contribution in [0.5, 0.6) is 0 Å². The van der Waals surface area contributed by atoms with Crippen molar-refractivity contribution in [2.75, 3.05) is 0 Å². The fourth-order valence-corrected chi connectivity index (χ4v) is 0. The molecule has 0 aromatic rings. The Morgan fingerprint density at radius 1 is 1.62 bits per heavy atom. The highest BCUT2D eigenvalue weighted by atomic mass is 127. The van der Waals surface area contributed by atoms with Crippen molar-refractivity contribution in [2.24, 2.45) is 0 Å². The van der Waals surface area contributed by atoms with E-state index < -0.39 is 0 Å². The van der Waals surface area contributed by atoms with Crippen LogP contribution in [0.3, 0.4) is 0 Å². The van der Waals surface area contributed by atoms with Crippen molar-refractivity contribution in [3.8, 4) is 0 Å². The summed E-state index contributed by atoms with van der Waals surface area (Å²) in [7, 11) is 0. The van der Waals surface area contributed by atoms with Crippen LogP contribution in [0.25, 0.3) is 0 Å². The highest BCUT2D eigenvalue weighted by Crippen LogP contribution is 1.88. The predicted molar refractivity (Wildman–Crippen MR) is 58.6 cm³/mol. The molecule has 0 spiro atoms. The Bertz CT molecular complexity index is 54.4. The second kappa shape index (κ2) is 11.7. The second-order valence-corrected chi connectivity index (χ2v) is 14.8. The maximum Gasteiger partial charge on any atom is 0.552 e. The molecule has 0 nitrogen and oxygen atoms in total. The normalized spacial score (nSPS) is 6.00. The summed E-state index contributed by atoms with van der Waals surface area (Å²) >= 11 is 5.18. The van der Waals surface area contributed by atoms with E-state index in [0.29, 0.717) is 12.6 Å². The van der Waals surface area contributed by atoms with Gasteiger partial charge in [-0.15, -0.1) is 6.58 Å². The van der Waals surface area contributed by atoms with Gasteiger partial charge in [0.1, 0.15) is 0 Å². The van der Waals surface area contributed by atoms with Crippen LogP contribution in [-0.4, -0.2) is 12.6 Å².